The number of carboxylic acids is 1. The molecule has 50 valence electrons. The first-order chi connectivity index (χ1) is 3.13. The van der Waals surface area contributed by atoms with Crippen molar-refractivity contribution in [3.63, 3.8) is 0 Å². The summed E-state index contributed by atoms with van der Waals surface area (Å²) in [4.78, 5) is 9.73. The molecule has 1 atom stereocenters. The Morgan fingerprint density at radius 3 is 2.25 bits per heavy atom. The quantitative estimate of drug-likeness (QED) is 0.620. The second-order valence-corrected chi connectivity index (χ2v) is 2.12. The molecule has 0 rings (SSSR count). The van der Waals surface area contributed by atoms with Crippen molar-refractivity contribution in [1.29, 1.82) is 0 Å². The fourth-order valence-corrected chi connectivity index (χ4v) is 0.373. The first-order valence-electron chi connectivity index (χ1n) is 1.99. The first kappa shape index (κ1) is 10.9. The molecule has 0 aromatic rings. The van der Waals surface area contributed by atoms with Crippen LogP contribution in [-0.2, 0) is 4.79 Å². The van der Waals surface area contributed by atoms with Crippen molar-refractivity contribution in [3.05, 3.63) is 0 Å². The monoisotopic (exact) mass is 158 g/mol. The first-order valence-corrected chi connectivity index (χ1v) is 2.42. The molecule has 0 aliphatic carbocycles. The van der Waals surface area contributed by atoms with Gasteiger partial charge in [0.15, 0.2) is 0 Å². The summed E-state index contributed by atoms with van der Waals surface area (Å²) in [6.45, 7) is 1.65. The zero-order valence-electron chi connectivity index (χ0n) is 4.43. The predicted octanol–water partition coefficient (Wildman–Crippen LogP) is 1.51. The third kappa shape index (κ3) is 9.41. The maximum Gasteiger partial charge on any atom is 0.304 e. The van der Waals surface area contributed by atoms with Gasteiger partial charge in [0.05, 0.1) is 6.42 Å². The van der Waals surface area contributed by atoms with Gasteiger partial charge < -0.3 is 5.11 Å². The van der Waals surface area contributed by atoms with Crippen LogP contribution in [0.3, 0.4) is 0 Å². The van der Waals surface area contributed by atoms with Crippen LogP contribution in [0.15, 0.2) is 0 Å². The van der Waals surface area contributed by atoms with Crippen LogP contribution < -0.4 is 0 Å². The molecule has 0 aliphatic heterocycles. The van der Waals surface area contributed by atoms with E-state index in [9.17, 15) is 4.79 Å². The van der Waals surface area contributed by atoms with Gasteiger partial charge in [-0.15, -0.1) is 24.0 Å². The average molecular weight is 159 g/mol. The Bertz CT molecular complexity index is 72.4. The summed E-state index contributed by atoms with van der Waals surface area (Å²) in [7, 11) is 0. The summed E-state index contributed by atoms with van der Waals surface area (Å²) in [5, 5.41) is 7.75. The van der Waals surface area contributed by atoms with Gasteiger partial charge >= 0.3 is 5.97 Å². The Morgan fingerprint density at radius 2 is 2.25 bits per heavy atom. The number of carboxylic acid groups (broad SMARTS) is 1. The summed E-state index contributed by atoms with van der Waals surface area (Å²) in [6, 6.07) is 0. The van der Waals surface area contributed by atoms with Crippen LogP contribution in [0, 0.1) is 0 Å². The van der Waals surface area contributed by atoms with Gasteiger partial charge in [0.25, 0.3) is 0 Å². The highest BCUT2D eigenvalue weighted by Crippen LogP contribution is 1.97. The third-order valence-electron chi connectivity index (χ3n) is 0.456. The molecule has 0 aliphatic rings. The van der Waals surface area contributed by atoms with Crippen LogP contribution in [0.2, 0.25) is 0 Å². The standard InChI is InChI=1S/C4H7ClO2.ClH/c1-3(5)2-4(6)7;/h3H,2H2,1H3,(H,6,7);1H. The summed E-state index contributed by atoms with van der Waals surface area (Å²) in [5.41, 5.74) is 0. The zero-order valence-corrected chi connectivity index (χ0v) is 6.00. The smallest absolute Gasteiger partial charge is 0.304 e. The minimum Gasteiger partial charge on any atom is -0.481 e. The molecule has 0 heterocycles. The van der Waals surface area contributed by atoms with E-state index in [1.165, 1.54) is 0 Å². The molecular weight excluding hydrogens is 151 g/mol. The lowest BCUT2D eigenvalue weighted by atomic mass is 10.3. The molecule has 0 bridgehead atoms. The molecule has 0 amide bonds. The number of halogens is 2. The highest BCUT2D eigenvalue weighted by atomic mass is 35.5. The molecule has 4 heteroatoms. The van der Waals surface area contributed by atoms with Gasteiger partial charge in [0.1, 0.15) is 0 Å². The summed E-state index contributed by atoms with van der Waals surface area (Å²) in [5.74, 6) is -0.845. The molecule has 0 radical (unpaired) electrons. The second-order valence-electron chi connectivity index (χ2n) is 1.38. The van der Waals surface area contributed by atoms with E-state index in [1.807, 2.05) is 0 Å². The SMILES string of the molecule is CC(Cl)CC(=O)O.Cl. The molecule has 0 saturated heterocycles. The highest BCUT2D eigenvalue weighted by Gasteiger charge is 2.00. The normalized spacial score (nSPS) is 11.8. The predicted molar refractivity (Wildman–Crippen MR) is 34.8 cm³/mol. The van der Waals surface area contributed by atoms with Crippen molar-refractivity contribution >= 4 is 30.0 Å². The van der Waals surface area contributed by atoms with Crippen LogP contribution in [0.25, 0.3) is 0 Å². The van der Waals surface area contributed by atoms with E-state index in [4.69, 9.17) is 16.7 Å². The Hall–Kier alpha value is 0.0500. The van der Waals surface area contributed by atoms with E-state index in [2.05, 4.69) is 0 Å². The fraction of sp³-hybridized carbons (Fsp3) is 0.750. The van der Waals surface area contributed by atoms with Crippen molar-refractivity contribution in [3.8, 4) is 0 Å². The number of carbonyl (C=O) groups is 1. The van der Waals surface area contributed by atoms with E-state index in [0.29, 0.717) is 0 Å². The van der Waals surface area contributed by atoms with Gasteiger partial charge in [-0.05, 0) is 6.92 Å². The van der Waals surface area contributed by atoms with Crippen molar-refractivity contribution in [2.45, 2.75) is 18.7 Å². The number of rotatable bonds is 2. The fourth-order valence-electron chi connectivity index (χ4n) is 0.241. The van der Waals surface area contributed by atoms with Crippen LogP contribution in [0.1, 0.15) is 13.3 Å². The Balaban J connectivity index is 0. The molecular formula is C4H8Cl2O2. The maximum atomic E-state index is 9.73. The van der Waals surface area contributed by atoms with Crippen molar-refractivity contribution in [1.82, 2.24) is 0 Å². The lowest BCUT2D eigenvalue weighted by Crippen LogP contribution is -2.01. The van der Waals surface area contributed by atoms with E-state index >= 15 is 0 Å². The Kier molecular flexibility index (Phi) is 7.09. The van der Waals surface area contributed by atoms with E-state index in [1.54, 1.807) is 6.92 Å². The lowest BCUT2D eigenvalue weighted by molar-refractivity contribution is -0.136. The van der Waals surface area contributed by atoms with Crippen molar-refractivity contribution in [2.24, 2.45) is 0 Å². The summed E-state index contributed by atoms with van der Waals surface area (Å²) < 4.78 is 0. The lowest BCUT2D eigenvalue weighted by Gasteiger charge is -1.91. The second kappa shape index (κ2) is 5.19. The molecule has 2 nitrogen and oxygen atoms in total. The van der Waals surface area contributed by atoms with Crippen LogP contribution >= 0.6 is 24.0 Å². The molecule has 1 unspecified atom stereocenters. The molecule has 8 heavy (non-hydrogen) atoms. The van der Waals surface area contributed by atoms with Gasteiger partial charge in [-0.3, -0.25) is 4.79 Å². The van der Waals surface area contributed by atoms with Crippen molar-refractivity contribution < 1.29 is 9.90 Å². The Morgan fingerprint density at radius 1 is 1.88 bits per heavy atom. The summed E-state index contributed by atoms with van der Waals surface area (Å²) in [6.07, 6.45) is 0.0432. The third-order valence-corrected chi connectivity index (χ3v) is 0.610. The minimum atomic E-state index is -0.845. The highest BCUT2D eigenvalue weighted by molar-refractivity contribution is 6.21. The number of alkyl halides is 1. The summed E-state index contributed by atoms with van der Waals surface area (Å²) >= 11 is 5.29. The topological polar surface area (TPSA) is 37.3 Å². The van der Waals surface area contributed by atoms with E-state index < -0.39 is 5.97 Å². The molecule has 0 aromatic carbocycles. The maximum absolute atomic E-state index is 9.73. The molecule has 1 N–H and O–H groups in total. The van der Waals surface area contributed by atoms with Crippen molar-refractivity contribution in [2.75, 3.05) is 0 Å². The molecule has 0 saturated carbocycles. The van der Waals surface area contributed by atoms with Crippen LogP contribution in [0.5, 0.6) is 0 Å². The minimum absolute atomic E-state index is 0. The van der Waals surface area contributed by atoms with Gasteiger partial charge in [-0.1, -0.05) is 0 Å². The van der Waals surface area contributed by atoms with Gasteiger partial charge in [0, 0.05) is 5.38 Å². The number of hydrogen-bond acceptors (Lipinski definition) is 1. The Labute approximate surface area is 59.2 Å². The molecule has 0 spiro atoms. The van der Waals surface area contributed by atoms with Crippen LogP contribution in [-0.4, -0.2) is 16.5 Å². The molecule has 0 aromatic heterocycles. The van der Waals surface area contributed by atoms with Gasteiger partial charge in [-0.2, -0.15) is 0 Å². The van der Waals surface area contributed by atoms with Gasteiger partial charge in [-0.25, -0.2) is 0 Å². The zero-order chi connectivity index (χ0) is 5.86. The largest absolute Gasteiger partial charge is 0.481 e. The molecule has 0 fully saturated rings. The average Bonchev–Trinajstić information content (AvgIpc) is 1.27. The van der Waals surface area contributed by atoms with Gasteiger partial charge in [0.2, 0.25) is 0 Å². The van der Waals surface area contributed by atoms with E-state index in [-0.39, 0.29) is 24.2 Å². The number of aliphatic carboxylic acids is 1. The van der Waals surface area contributed by atoms with Crippen LogP contribution in [0.4, 0.5) is 0 Å². The van der Waals surface area contributed by atoms with E-state index in [0.717, 1.165) is 0 Å². The number of hydrogen-bond donors (Lipinski definition) is 1.